The van der Waals surface area contributed by atoms with Crippen molar-refractivity contribution >= 4 is 27.8 Å². The van der Waals surface area contributed by atoms with Crippen LogP contribution in [-0.2, 0) is 17.8 Å². The Labute approximate surface area is 243 Å². The van der Waals surface area contributed by atoms with Gasteiger partial charge in [-0.2, -0.15) is 0 Å². The molecule has 8 heteroatoms. The third-order valence-electron chi connectivity index (χ3n) is 7.71. The number of aliphatic hydroxyl groups excluding tert-OH is 2. The summed E-state index contributed by atoms with van der Waals surface area (Å²) in [6, 6.07) is 23.6. The van der Waals surface area contributed by atoms with Crippen molar-refractivity contribution in [3.05, 3.63) is 106 Å². The number of halogens is 1. The van der Waals surface area contributed by atoms with Crippen LogP contribution < -0.4 is 10.7 Å². The molecule has 0 aliphatic carbocycles. The van der Waals surface area contributed by atoms with Gasteiger partial charge < -0.3 is 29.2 Å². The van der Waals surface area contributed by atoms with E-state index in [0.29, 0.717) is 18.5 Å². The van der Waals surface area contributed by atoms with Crippen LogP contribution in [0.25, 0.3) is 32.9 Å². The fourth-order valence-corrected chi connectivity index (χ4v) is 5.95. The summed E-state index contributed by atoms with van der Waals surface area (Å²) in [4.78, 5) is 25.3. The third-order valence-corrected chi connectivity index (χ3v) is 7.71. The number of hydrogen-bond donors (Lipinski definition) is 2. The van der Waals surface area contributed by atoms with Crippen molar-refractivity contribution in [1.29, 1.82) is 0 Å². The van der Waals surface area contributed by atoms with Crippen molar-refractivity contribution < 1.29 is 24.5 Å². The quantitative estimate of drug-likeness (QED) is 0.242. The number of carboxylic acid groups (broad SMARTS) is 1. The molecule has 42 heavy (non-hydrogen) atoms. The number of nitrogens with zero attached hydrogens (tertiary/aromatic N) is 2. The van der Waals surface area contributed by atoms with Crippen molar-refractivity contribution in [2.24, 2.45) is 0 Å². The highest BCUT2D eigenvalue weighted by atomic mass is 19.1. The van der Waals surface area contributed by atoms with Crippen LogP contribution in [-0.4, -0.2) is 37.5 Å². The Morgan fingerprint density at radius 3 is 2.26 bits per heavy atom. The molecule has 0 aliphatic rings. The van der Waals surface area contributed by atoms with Crippen LogP contribution in [0.3, 0.4) is 0 Å². The van der Waals surface area contributed by atoms with E-state index in [-0.39, 0.29) is 30.3 Å². The largest absolute Gasteiger partial charge is 0.550 e. The summed E-state index contributed by atoms with van der Waals surface area (Å²) in [6.45, 7) is 4.37. The number of carboxylic acids is 1. The van der Waals surface area contributed by atoms with Gasteiger partial charge in [0.1, 0.15) is 11.3 Å². The maximum Gasteiger partial charge on any atom is 0.275 e. The molecule has 2 aromatic heterocycles. The van der Waals surface area contributed by atoms with E-state index in [1.54, 1.807) is 16.7 Å². The zero-order valence-electron chi connectivity index (χ0n) is 23.7. The van der Waals surface area contributed by atoms with Gasteiger partial charge in [-0.1, -0.05) is 60.7 Å². The van der Waals surface area contributed by atoms with Gasteiger partial charge in [-0.25, -0.2) is 4.39 Å². The van der Waals surface area contributed by atoms with Gasteiger partial charge in [0.15, 0.2) is 0 Å². The lowest BCUT2D eigenvalue weighted by atomic mass is 9.96. The van der Waals surface area contributed by atoms with Gasteiger partial charge >= 0.3 is 0 Å². The predicted molar refractivity (Wildman–Crippen MR) is 160 cm³/mol. The summed E-state index contributed by atoms with van der Waals surface area (Å²) in [7, 11) is 0. The Balaban J connectivity index is 1.75. The van der Waals surface area contributed by atoms with Crippen LogP contribution in [0.5, 0.6) is 0 Å². The van der Waals surface area contributed by atoms with Crippen LogP contribution in [0.1, 0.15) is 50.4 Å². The number of aliphatic carboxylic acids is 1. The molecule has 0 saturated heterocycles. The first-order valence-electron chi connectivity index (χ1n) is 14.2. The van der Waals surface area contributed by atoms with Crippen LogP contribution in [0.2, 0.25) is 0 Å². The van der Waals surface area contributed by atoms with Gasteiger partial charge in [-0.05, 0) is 62.4 Å². The van der Waals surface area contributed by atoms with E-state index in [1.165, 1.54) is 12.1 Å². The van der Waals surface area contributed by atoms with Crippen molar-refractivity contribution in [2.75, 3.05) is 0 Å². The number of pyridine rings is 1. The van der Waals surface area contributed by atoms with E-state index >= 15 is 0 Å². The summed E-state index contributed by atoms with van der Waals surface area (Å²) in [5.74, 6) is -1.76. The van der Waals surface area contributed by atoms with Gasteiger partial charge in [-0.3, -0.25) is 4.79 Å². The smallest absolute Gasteiger partial charge is 0.275 e. The summed E-state index contributed by atoms with van der Waals surface area (Å²) in [5, 5.41) is 33.3. The summed E-state index contributed by atoms with van der Waals surface area (Å²) < 4.78 is 17.8. The first kappa shape index (κ1) is 29.2. The molecule has 0 aliphatic heterocycles. The van der Waals surface area contributed by atoms with Crippen LogP contribution in [0.4, 0.5) is 4.39 Å². The lowest BCUT2D eigenvalue weighted by Gasteiger charge is -2.19. The zero-order valence-corrected chi connectivity index (χ0v) is 23.7. The Bertz CT molecular complexity index is 1770. The molecular weight excluding hydrogens is 535 g/mol. The topological polar surface area (TPSA) is 108 Å². The molecule has 7 nitrogen and oxygen atoms in total. The Morgan fingerprint density at radius 2 is 1.60 bits per heavy atom. The fraction of sp³-hybridized carbons (Fsp3) is 0.294. The van der Waals surface area contributed by atoms with Crippen LogP contribution >= 0.6 is 0 Å². The molecule has 0 fully saturated rings. The van der Waals surface area contributed by atoms with E-state index in [0.717, 1.165) is 38.7 Å². The molecule has 0 unspecified atom stereocenters. The second kappa shape index (κ2) is 12.3. The fourth-order valence-electron chi connectivity index (χ4n) is 5.95. The normalized spacial score (nSPS) is 13.2. The standard InChI is InChI=1S/C34H35FN2O5/c1-21(2)37-29(17-16-25(38)18-26(39)19-30(40)41)31(23-12-14-24(35)15-13-23)32-27-10-6-7-11-28(27)36(34(42)33(32)37)20-22-8-4-3-5-9-22/h3-15,21,25-26,38-39H,16-20H2,1-2H3,(H,40,41)/p-1/t25-,26-/m1/s1. The molecule has 5 aromatic rings. The molecule has 2 heterocycles. The number of hydrogen-bond acceptors (Lipinski definition) is 5. The lowest BCUT2D eigenvalue weighted by Crippen LogP contribution is -2.29. The van der Waals surface area contributed by atoms with Crippen LogP contribution in [0.15, 0.2) is 83.7 Å². The molecule has 0 saturated carbocycles. The molecule has 3 aromatic carbocycles. The SMILES string of the molecule is CC(C)n1c(CC[C@@H](O)C[C@@H](O)CC(=O)[O-])c(-c2ccc(F)cc2)c2c3ccccc3n(Cc3ccccc3)c(=O)c21. The second-order valence-electron chi connectivity index (χ2n) is 11.1. The molecular formula is C34H34FN2O5-. The second-order valence-corrected chi connectivity index (χ2v) is 11.1. The predicted octanol–water partition coefficient (Wildman–Crippen LogP) is 4.58. The summed E-state index contributed by atoms with van der Waals surface area (Å²) >= 11 is 0. The molecule has 0 radical (unpaired) electrons. The van der Waals surface area contributed by atoms with Gasteiger partial charge in [0.05, 0.1) is 24.3 Å². The zero-order chi connectivity index (χ0) is 30.0. The summed E-state index contributed by atoms with van der Waals surface area (Å²) in [5.41, 5.74) is 4.49. The van der Waals surface area contributed by atoms with E-state index in [4.69, 9.17) is 0 Å². The minimum absolute atomic E-state index is 0.116. The van der Waals surface area contributed by atoms with Gasteiger partial charge in [-0.15, -0.1) is 0 Å². The van der Waals surface area contributed by atoms with Gasteiger partial charge in [0, 0.05) is 40.5 Å². The van der Waals surface area contributed by atoms with E-state index in [1.807, 2.05) is 73.0 Å². The first-order valence-corrected chi connectivity index (χ1v) is 14.2. The minimum Gasteiger partial charge on any atom is -0.550 e. The lowest BCUT2D eigenvalue weighted by molar-refractivity contribution is -0.307. The number of para-hydroxylation sites is 1. The molecule has 0 spiro atoms. The molecule has 5 rings (SSSR count). The van der Waals surface area contributed by atoms with E-state index in [9.17, 15) is 29.3 Å². The van der Waals surface area contributed by atoms with Crippen molar-refractivity contribution in [1.82, 2.24) is 9.13 Å². The number of carbonyl (C=O) groups is 1. The summed E-state index contributed by atoms with van der Waals surface area (Å²) in [6.07, 6.45) is -2.33. The monoisotopic (exact) mass is 569 g/mol. The van der Waals surface area contributed by atoms with Crippen LogP contribution in [0, 0.1) is 5.82 Å². The van der Waals surface area contributed by atoms with Gasteiger partial charge in [0.2, 0.25) is 0 Å². The first-order chi connectivity index (χ1) is 20.2. The average molecular weight is 570 g/mol. The number of rotatable bonds is 11. The van der Waals surface area contributed by atoms with Crippen molar-refractivity contribution in [2.45, 2.75) is 64.3 Å². The molecule has 2 N–H and O–H groups in total. The Morgan fingerprint density at radius 1 is 0.929 bits per heavy atom. The highest BCUT2D eigenvalue weighted by Crippen LogP contribution is 2.40. The van der Waals surface area contributed by atoms with Crippen molar-refractivity contribution in [3.63, 3.8) is 0 Å². The van der Waals surface area contributed by atoms with E-state index in [2.05, 4.69) is 0 Å². The Hall–Kier alpha value is -4.27. The number of aromatic nitrogens is 2. The maximum atomic E-state index is 14.4. The van der Waals surface area contributed by atoms with Crippen molar-refractivity contribution in [3.8, 4) is 11.1 Å². The average Bonchev–Trinajstić information content (AvgIpc) is 3.30. The molecule has 2 atom stereocenters. The number of carbonyl (C=O) groups excluding carboxylic acids is 1. The number of aliphatic hydroxyl groups is 2. The highest BCUT2D eigenvalue weighted by molar-refractivity contribution is 6.13. The molecule has 218 valence electrons. The molecule has 0 bridgehead atoms. The highest BCUT2D eigenvalue weighted by Gasteiger charge is 2.26. The molecule has 0 amide bonds. The Kier molecular flexibility index (Phi) is 8.56. The number of benzene rings is 3. The maximum absolute atomic E-state index is 14.4. The number of fused-ring (bicyclic) bond motifs is 3. The van der Waals surface area contributed by atoms with Gasteiger partial charge in [0.25, 0.3) is 5.56 Å². The third kappa shape index (κ3) is 5.86. The van der Waals surface area contributed by atoms with E-state index < -0.39 is 24.6 Å². The minimum atomic E-state index is -1.38.